The number of nitrogens with two attached hydrogens (primary N) is 1. The number of hydrogen-bond donors (Lipinski definition) is 1. The summed E-state index contributed by atoms with van der Waals surface area (Å²) in [5.74, 6) is 0.903. The standard InChI is InChI=1S/C16H33N3/c1-4-15-6-5-9-19(12-15)16(13-17)7-10-18(11-8-16)14(2)3/h14-15H,4-13,17H2,1-3H3. The fourth-order valence-electron chi connectivity index (χ4n) is 3.94. The Morgan fingerprint density at radius 1 is 1.21 bits per heavy atom. The molecule has 2 aliphatic heterocycles. The van der Waals surface area contributed by atoms with E-state index in [4.69, 9.17) is 5.73 Å². The highest BCUT2D eigenvalue weighted by molar-refractivity contribution is 4.98. The summed E-state index contributed by atoms with van der Waals surface area (Å²) >= 11 is 0. The molecule has 0 bridgehead atoms. The molecule has 3 heteroatoms. The molecule has 2 saturated heterocycles. The molecule has 1 atom stereocenters. The zero-order valence-electron chi connectivity index (χ0n) is 13.2. The van der Waals surface area contributed by atoms with Crippen LogP contribution in [0.1, 0.15) is 52.9 Å². The van der Waals surface area contributed by atoms with Gasteiger partial charge in [0, 0.05) is 37.8 Å². The van der Waals surface area contributed by atoms with Crippen molar-refractivity contribution in [2.45, 2.75) is 64.5 Å². The van der Waals surface area contributed by atoms with Gasteiger partial charge in [-0.25, -0.2) is 0 Å². The van der Waals surface area contributed by atoms with E-state index in [0.717, 1.165) is 12.5 Å². The van der Waals surface area contributed by atoms with Crippen molar-refractivity contribution in [3.05, 3.63) is 0 Å². The predicted molar refractivity (Wildman–Crippen MR) is 82.3 cm³/mol. The van der Waals surface area contributed by atoms with Crippen LogP contribution in [-0.2, 0) is 0 Å². The van der Waals surface area contributed by atoms with Crippen molar-refractivity contribution >= 4 is 0 Å². The minimum atomic E-state index is 0.305. The second-order valence-electron chi connectivity index (χ2n) is 6.92. The Kier molecular flexibility index (Phi) is 5.27. The summed E-state index contributed by atoms with van der Waals surface area (Å²) in [5.41, 5.74) is 6.52. The first-order valence-electron chi connectivity index (χ1n) is 8.30. The van der Waals surface area contributed by atoms with Crippen molar-refractivity contribution in [1.29, 1.82) is 0 Å². The minimum absolute atomic E-state index is 0.305. The summed E-state index contributed by atoms with van der Waals surface area (Å²) < 4.78 is 0. The van der Waals surface area contributed by atoms with Crippen LogP contribution in [0.2, 0.25) is 0 Å². The summed E-state index contributed by atoms with van der Waals surface area (Å²) in [5, 5.41) is 0. The zero-order valence-corrected chi connectivity index (χ0v) is 13.2. The van der Waals surface area contributed by atoms with Crippen molar-refractivity contribution in [3.63, 3.8) is 0 Å². The molecular weight excluding hydrogens is 234 g/mol. The Balaban J connectivity index is 1.99. The van der Waals surface area contributed by atoms with Gasteiger partial charge in [0.25, 0.3) is 0 Å². The van der Waals surface area contributed by atoms with Gasteiger partial charge in [-0.2, -0.15) is 0 Å². The quantitative estimate of drug-likeness (QED) is 0.848. The van der Waals surface area contributed by atoms with Crippen LogP contribution in [0.5, 0.6) is 0 Å². The zero-order chi connectivity index (χ0) is 13.9. The van der Waals surface area contributed by atoms with Gasteiger partial charge in [-0.1, -0.05) is 13.3 Å². The highest BCUT2D eigenvalue weighted by atomic mass is 15.3. The van der Waals surface area contributed by atoms with Gasteiger partial charge in [-0.3, -0.25) is 4.90 Å². The lowest BCUT2D eigenvalue weighted by molar-refractivity contribution is -0.00753. The second-order valence-corrected chi connectivity index (χ2v) is 6.92. The summed E-state index contributed by atoms with van der Waals surface area (Å²) in [7, 11) is 0. The van der Waals surface area contributed by atoms with Gasteiger partial charge >= 0.3 is 0 Å². The second kappa shape index (κ2) is 6.55. The van der Waals surface area contributed by atoms with E-state index < -0.39 is 0 Å². The minimum Gasteiger partial charge on any atom is -0.329 e. The first kappa shape index (κ1) is 15.3. The van der Waals surface area contributed by atoms with Gasteiger partial charge in [0.05, 0.1) is 0 Å². The molecule has 0 aromatic carbocycles. The molecule has 0 spiro atoms. The van der Waals surface area contributed by atoms with Crippen LogP contribution in [0.15, 0.2) is 0 Å². The summed E-state index contributed by atoms with van der Waals surface area (Å²) in [6, 6.07) is 0.681. The van der Waals surface area contributed by atoms with E-state index in [2.05, 4.69) is 30.6 Å². The Labute approximate surface area is 119 Å². The van der Waals surface area contributed by atoms with Crippen LogP contribution in [0.25, 0.3) is 0 Å². The largest absolute Gasteiger partial charge is 0.329 e. The highest BCUT2D eigenvalue weighted by Gasteiger charge is 2.40. The lowest BCUT2D eigenvalue weighted by Crippen LogP contribution is -2.62. The SMILES string of the molecule is CCC1CCCN(C2(CN)CCN(C(C)C)CC2)C1. The van der Waals surface area contributed by atoms with Gasteiger partial charge < -0.3 is 10.6 Å². The molecule has 2 aliphatic rings. The molecule has 112 valence electrons. The topological polar surface area (TPSA) is 32.5 Å². The molecule has 3 nitrogen and oxygen atoms in total. The molecule has 2 rings (SSSR count). The molecule has 0 amide bonds. The Bertz CT molecular complexity index is 269. The molecule has 2 heterocycles. The molecule has 0 aromatic rings. The van der Waals surface area contributed by atoms with Crippen molar-refractivity contribution < 1.29 is 0 Å². The van der Waals surface area contributed by atoms with Crippen LogP contribution < -0.4 is 5.73 Å². The van der Waals surface area contributed by atoms with Crippen LogP contribution in [-0.4, -0.2) is 54.1 Å². The summed E-state index contributed by atoms with van der Waals surface area (Å²) in [6.45, 7) is 12.8. The number of nitrogens with zero attached hydrogens (tertiary/aromatic N) is 2. The van der Waals surface area contributed by atoms with Crippen LogP contribution >= 0.6 is 0 Å². The van der Waals surface area contributed by atoms with E-state index in [9.17, 15) is 0 Å². The van der Waals surface area contributed by atoms with Gasteiger partial charge in [0.2, 0.25) is 0 Å². The van der Waals surface area contributed by atoms with E-state index in [-0.39, 0.29) is 0 Å². The lowest BCUT2D eigenvalue weighted by Gasteiger charge is -2.51. The molecule has 2 N–H and O–H groups in total. The van der Waals surface area contributed by atoms with E-state index in [1.54, 1.807) is 0 Å². The van der Waals surface area contributed by atoms with Crippen molar-refractivity contribution in [1.82, 2.24) is 9.80 Å². The lowest BCUT2D eigenvalue weighted by atomic mass is 9.82. The number of piperidine rings is 2. The third kappa shape index (κ3) is 3.32. The molecule has 19 heavy (non-hydrogen) atoms. The van der Waals surface area contributed by atoms with Gasteiger partial charge in [-0.05, 0) is 52.0 Å². The smallest absolute Gasteiger partial charge is 0.0356 e. The molecular formula is C16H33N3. The maximum absolute atomic E-state index is 6.22. The molecule has 0 radical (unpaired) electrons. The van der Waals surface area contributed by atoms with Crippen molar-refractivity contribution in [2.24, 2.45) is 11.7 Å². The first-order chi connectivity index (χ1) is 9.11. The molecule has 0 aromatic heterocycles. The number of likely N-dealkylation sites (tertiary alicyclic amines) is 2. The summed E-state index contributed by atoms with van der Waals surface area (Å²) in [4.78, 5) is 5.36. The van der Waals surface area contributed by atoms with Crippen molar-refractivity contribution in [2.75, 3.05) is 32.7 Å². The first-order valence-corrected chi connectivity index (χ1v) is 8.30. The normalized spacial score (nSPS) is 29.8. The molecule has 0 aliphatic carbocycles. The maximum atomic E-state index is 6.22. The summed E-state index contributed by atoms with van der Waals surface area (Å²) in [6.07, 6.45) is 6.64. The average Bonchev–Trinajstić information content (AvgIpc) is 2.47. The van der Waals surface area contributed by atoms with Crippen LogP contribution in [0, 0.1) is 5.92 Å². The fraction of sp³-hybridized carbons (Fsp3) is 1.00. The van der Waals surface area contributed by atoms with Crippen LogP contribution in [0.3, 0.4) is 0 Å². The van der Waals surface area contributed by atoms with E-state index in [0.29, 0.717) is 11.6 Å². The Morgan fingerprint density at radius 3 is 2.42 bits per heavy atom. The van der Waals surface area contributed by atoms with Crippen LogP contribution in [0.4, 0.5) is 0 Å². The molecule has 1 unspecified atom stereocenters. The third-order valence-corrected chi connectivity index (χ3v) is 5.61. The third-order valence-electron chi connectivity index (χ3n) is 5.61. The maximum Gasteiger partial charge on any atom is 0.0356 e. The highest BCUT2D eigenvalue weighted by Crippen LogP contribution is 2.33. The fourth-order valence-corrected chi connectivity index (χ4v) is 3.94. The number of rotatable bonds is 4. The van der Waals surface area contributed by atoms with Crippen molar-refractivity contribution in [3.8, 4) is 0 Å². The Morgan fingerprint density at radius 2 is 1.89 bits per heavy atom. The molecule has 0 saturated carbocycles. The average molecular weight is 267 g/mol. The Hall–Kier alpha value is -0.120. The van der Waals surface area contributed by atoms with E-state index >= 15 is 0 Å². The van der Waals surface area contributed by atoms with Gasteiger partial charge in [0.15, 0.2) is 0 Å². The monoisotopic (exact) mass is 267 g/mol. The predicted octanol–water partition coefficient (Wildman–Crippen LogP) is 2.31. The molecule has 2 fully saturated rings. The van der Waals surface area contributed by atoms with E-state index in [1.165, 1.54) is 58.3 Å². The van der Waals surface area contributed by atoms with Gasteiger partial charge in [0.1, 0.15) is 0 Å². The number of hydrogen-bond acceptors (Lipinski definition) is 3. The van der Waals surface area contributed by atoms with E-state index in [1.807, 2.05) is 0 Å². The van der Waals surface area contributed by atoms with Gasteiger partial charge in [-0.15, -0.1) is 0 Å².